The van der Waals surface area contributed by atoms with E-state index in [1.54, 1.807) is 0 Å². The van der Waals surface area contributed by atoms with Gasteiger partial charge in [-0.15, -0.1) is 0 Å². The van der Waals surface area contributed by atoms with Crippen molar-refractivity contribution in [2.24, 2.45) is 11.8 Å². The maximum atomic E-state index is 13.1. The predicted molar refractivity (Wildman–Crippen MR) is 116 cm³/mol. The number of carbonyl (C=O) groups excluding carboxylic acids is 1. The lowest BCUT2D eigenvalue weighted by Gasteiger charge is -2.31. The van der Waals surface area contributed by atoms with E-state index in [0.717, 1.165) is 25.7 Å². The molecule has 0 heterocycles. The van der Waals surface area contributed by atoms with Gasteiger partial charge < -0.3 is 4.90 Å². The molecule has 148 valence electrons. The molecule has 0 fully saturated rings. The van der Waals surface area contributed by atoms with E-state index in [1.165, 1.54) is 11.1 Å². The van der Waals surface area contributed by atoms with Crippen LogP contribution >= 0.6 is 0 Å². The van der Waals surface area contributed by atoms with E-state index in [2.05, 4.69) is 84.9 Å². The molecule has 0 bridgehead atoms. The maximum Gasteiger partial charge on any atom is 0.226 e. The van der Waals surface area contributed by atoms with Gasteiger partial charge in [0.25, 0.3) is 0 Å². The first-order chi connectivity index (χ1) is 12.3. The van der Waals surface area contributed by atoms with Gasteiger partial charge in [-0.3, -0.25) is 4.79 Å². The molecule has 0 aromatic rings. The summed E-state index contributed by atoms with van der Waals surface area (Å²) in [5.74, 6) is 0.625. The summed E-state index contributed by atoms with van der Waals surface area (Å²) in [4.78, 5) is 15.1. The Labute approximate surface area is 162 Å². The van der Waals surface area contributed by atoms with Crippen molar-refractivity contribution in [3.63, 3.8) is 0 Å². The van der Waals surface area contributed by atoms with E-state index in [-0.39, 0.29) is 17.9 Å². The van der Waals surface area contributed by atoms with Crippen molar-refractivity contribution in [3.05, 3.63) is 47.6 Å². The van der Waals surface area contributed by atoms with Crippen molar-refractivity contribution in [1.82, 2.24) is 4.90 Å². The second kappa shape index (κ2) is 13.6. The number of amides is 1. The van der Waals surface area contributed by atoms with Crippen LogP contribution in [0.15, 0.2) is 47.6 Å². The van der Waals surface area contributed by atoms with Gasteiger partial charge in [-0.2, -0.15) is 0 Å². The average Bonchev–Trinajstić information content (AvgIpc) is 2.61. The third kappa shape index (κ3) is 9.22. The molecule has 0 rings (SSSR count). The van der Waals surface area contributed by atoms with Crippen LogP contribution in [0.1, 0.15) is 74.1 Å². The van der Waals surface area contributed by atoms with E-state index in [0.29, 0.717) is 5.92 Å². The van der Waals surface area contributed by atoms with Crippen molar-refractivity contribution >= 4 is 5.91 Å². The summed E-state index contributed by atoms with van der Waals surface area (Å²) in [7, 11) is 1.95. The first kappa shape index (κ1) is 24.4. The van der Waals surface area contributed by atoms with Crippen LogP contribution in [0.5, 0.6) is 0 Å². The number of nitrogens with zero attached hydrogens (tertiary/aromatic N) is 1. The second-order valence-electron chi connectivity index (χ2n) is 7.58. The summed E-state index contributed by atoms with van der Waals surface area (Å²) in [6, 6.07) is 0.195. The van der Waals surface area contributed by atoms with E-state index in [9.17, 15) is 4.79 Å². The lowest BCUT2D eigenvalue weighted by molar-refractivity contribution is -0.137. The summed E-state index contributed by atoms with van der Waals surface area (Å²) in [5.41, 5.74) is 2.56. The van der Waals surface area contributed by atoms with Crippen LogP contribution in [0.4, 0.5) is 0 Å². The normalized spacial score (nSPS) is 15.9. The highest BCUT2D eigenvalue weighted by atomic mass is 16.2. The topological polar surface area (TPSA) is 20.3 Å². The van der Waals surface area contributed by atoms with Gasteiger partial charge in [0.2, 0.25) is 5.91 Å². The summed E-state index contributed by atoms with van der Waals surface area (Å²) in [6.45, 7) is 14.9. The average molecular weight is 360 g/mol. The molecule has 0 aromatic heterocycles. The molecule has 0 aliphatic heterocycles. The summed E-state index contributed by atoms with van der Waals surface area (Å²) in [5, 5.41) is 0. The highest BCUT2D eigenvalue weighted by Crippen LogP contribution is 2.24. The SMILES string of the molecule is C/C=C(\C=C/CC)C[C@H](C)N(C)C(=O)[C@@H](C/C(C)=C/C=C\CC)C(C)C. The van der Waals surface area contributed by atoms with Crippen molar-refractivity contribution in [3.8, 4) is 0 Å². The van der Waals surface area contributed by atoms with Crippen LogP contribution in [0, 0.1) is 11.8 Å². The van der Waals surface area contributed by atoms with Gasteiger partial charge in [-0.05, 0) is 52.4 Å². The zero-order chi connectivity index (χ0) is 20.1. The standard InChI is InChI=1S/C24H41NO/c1-9-12-14-15-20(6)17-23(19(4)5)24(26)25(8)21(7)18-22(11-3)16-13-10-2/h11-16,19,21,23H,9-10,17-18H2,1-8H3/b14-12-,16-13-,20-15+,22-11+/t21-,23-/m0/s1. The molecule has 0 saturated heterocycles. The molecule has 0 radical (unpaired) electrons. The summed E-state index contributed by atoms with van der Waals surface area (Å²) in [6.07, 6.45) is 16.7. The molecular formula is C24H41NO. The van der Waals surface area contributed by atoms with E-state index in [4.69, 9.17) is 0 Å². The van der Waals surface area contributed by atoms with Crippen LogP contribution in [-0.2, 0) is 4.79 Å². The summed E-state index contributed by atoms with van der Waals surface area (Å²) >= 11 is 0. The van der Waals surface area contributed by atoms with Crippen molar-refractivity contribution < 1.29 is 4.79 Å². The van der Waals surface area contributed by atoms with Gasteiger partial charge in [0.15, 0.2) is 0 Å². The minimum absolute atomic E-state index is 0.0361. The number of carbonyl (C=O) groups is 1. The number of hydrogen-bond donors (Lipinski definition) is 0. The van der Waals surface area contributed by atoms with Crippen molar-refractivity contribution in [2.45, 2.75) is 80.2 Å². The number of allylic oxidation sites excluding steroid dienone is 7. The first-order valence-electron chi connectivity index (χ1n) is 10.2. The predicted octanol–water partition coefficient (Wildman–Crippen LogP) is 6.71. The number of rotatable bonds is 11. The van der Waals surface area contributed by atoms with Gasteiger partial charge in [0.1, 0.15) is 0 Å². The van der Waals surface area contributed by atoms with Crippen LogP contribution in [0.2, 0.25) is 0 Å². The molecule has 0 aliphatic carbocycles. The van der Waals surface area contributed by atoms with Gasteiger partial charge in [0, 0.05) is 19.0 Å². The fourth-order valence-electron chi connectivity index (χ4n) is 2.90. The molecule has 2 nitrogen and oxygen atoms in total. The highest BCUT2D eigenvalue weighted by molar-refractivity contribution is 5.79. The Morgan fingerprint density at radius 3 is 2.15 bits per heavy atom. The molecule has 0 aromatic carbocycles. The van der Waals surface area contributed by atoms with Crippen LogP contribution in [0.3, 0.4) is 0 Å². The van der Waals surface area contributed by atoms with E-state index in [1.807, 2.05) is 11.9 Å². The third-order valence-electron chi connectivity index (χ3n) is 4.89. The first-order valence-corrected chi connectivity index (χ1v) is 10.2. The minimum atomic E-state index is 0.0361. The fourth-order valence-corrected chi connectivity index (χ4v) is 2.90. The maximum absolute atomic E-state index is 13.1. The molecule has 1 amide bonds. The lowest BCUT2D eigenvalue weighted by atomic mass is 9.87. The Kier molecular flexibility index (Phi) is 12.8. The third-order valence-corrected chi connectivity index (χ3v) is 4.89. The lowest BCUT2D eigenvalue weighted by Crippen LogP contribution is -2.41. The van der Waals surface area contributed by atoms with Crippen molar-refractivity contribution in [2.75, 3.05) is 7.05 Å². The van der Waals surface area contributed by atoms with Gasteiger partial charge in [-0.25, -0.2) is 0 Å². The Morgan fingerprint density at radius 2 is 1.65 bits per heavy atom. The summed E-state index contributed by atoms with van der Waals surface area (Å²) < 4.78 is 0. The fraction of sp³-hybridized carbons (Fsp3) is 0.625. The van der Waals surface area contributed by atoms with Gasteiger partial charge in [0.05, 0.1) is 0 Å². The zero-order valence-electron chi connectivity index (χ0n) is 18.4. The van der Waals surface area contributed by atoms with Gasteiger partial charge >= 0.3 is 0 Å². The number of hydrogen-bond acceptors (Lipinski definition) is 1. The molecule has 0 N–H and O–H groups in total. The molecule has 2 heteroatoms. The second-order valence-corrected chi connectivity index (χ2v) is 7.58. The molecule has 26 heavy (non-hydrogen) atoms. The Hall–Kier alpha value is -1.57. The molecule has 0 aliphatic rings. The monoisotopic (exact) mass is 359 g/mol. The largest absolute Gasteiger partial charge is 0.342 e. The van der Waals surface area contributed by atoms with E-state index < -0.39 is 0 Å². The highest BCUT2D eigenvalue weighted by Gasteiger charge is 2.27. The van der Waals surface area contributed by atoms with Crippen LogP contribution < -0.4 is 0 Å². The molecule has 0 saturated carbocycles. The van der Waals surface area contributed by atoms with Crippen molar-refractivity contribution in [1.29, 1.82) is 0 Å². The molecule has 2 atom stereocenters. The van der Waals surface area contributed by atoms with Crippen LogP contribution in [-0.4, -0.2) is 23.9 Å². The van der Waals surface area contributed by atoms with E-state index >= 15 is 0 Å². The minimum Gasteiger partial charge on any atom is -0.342 e. The van der Waals surface area contributed by atoms with Gasteiger partial charge in [-0.1, -0.05) is 75.3 Å². The molecule has 0 unspecified atom stereocenters. The molecule has 0 spiro atoms. The van der Waals surface area contributed by atoms with Crippen LogP contribution in [0.25, 0.3) is 0 Å². The zero-order valence-corrected chi connectivity index (χ0v) is 18.4. The Morgan fingerprint density at radius 1 is 1.04 bits per heavy atom. The molecular weight excluding hydrogens is 318 g/mol. The smallest absolute Gasteiger partial charge is 0.226 e. The Bertz CT molecular complexity index is 522. The Balaban J connectivity index is 5.08. The quantitative estimate of drug-likeness (QED) is 0.375.